The molecule has 0 aliphatic heterocycles. The Labute approximate surface area is 86.0 Å². The third kappa shape index (κ3) is 1.80. The van der Waals surface area contributed by atoms with E-state index in [9.17, 15) is 4.79 Å². The maximum atomic E-state index is 11.2. The number of amides is 1. The molecule has 74 valence electrons. The van der Waals surface area contributed by atoms with Gasteiger partial charge in [-0.3, -0.25) is 4.79 Å². The van der Waals surface area contributed by atoms with E-state index in [-0.39, 0.29) is 0 Å². The van der Waals surface area contributed by atoms with Crippen LogP contribution in [0, 0.1) is 0 Å². The number of aromatic nitrogens is 3. The van der Waals surface area contributed by atoms with Crippen molar-refractivity contribution in [3.63, 3.8) is 0 Å². The number of rotatable bonds is 2. The van der Waals surface area contributed by atoms with Crippen LogP contribution in [-0.2, 0) is 0 Å². The fourth-order valence-corrected chi connectivity index (χ4v) is 1.31. The Hall–Kier alpha value is -2.30. The van der Waals surface area contributed by atoms with Crippen LogP contribution in [0.3, 0.4) is 0 Å². The molecule has 15 heavy (non-hydrogen) atoms. The molecule has 2 aromatic rings. The molecule has 0 unspecified atom stereocenters. The van der Waals surface area contributed by atoms with Crippen LogP contribution in [0.5, 0.6) is 0 Å². The van der Waals surface area contributed by atoms with Gasteiger partial charge in [-0.1, -0.05) is 18.2 Å². The SMILES string of the molecule is NC(=O)c1ccccc1-c1ccnnn1. The number of hydrogen-bond acceptors (Lipinski definition) is 4. The summed E-state index contributed by atoms with van der Waals surface area (Å²) in [5.41, 5.74) is 6.93. The van der Waals surface area contributed by atoms with Crippen LogP contribution in [0.2, 0.25) is 0 Å². The van der Waals surface area contributed by atoms with E-state index in [2.05, 4.69) is 15.4 Å². The molecule has 0 saturated heterocycles. The molecule has 0 radical (unpaired) electrons. The molecule has 0 aliphatic carbocycles. The second-order valence-electron chi connectivity index (χ2n) is 2.92. The van der Waals surface area contributed by atoms with Crippen molar-refractivity contribution in [1.29, 1.82) is 0 Å². The summed E-state index contributed by atoms with van der Waals surface area (Å²) in [6.45, 7) is 0. The lowest BCUT2D eigenvalue weighted by Gasteiger charge is -2.03. The first-order chi connectivity index (χ1) is 7.29. The van der Waals surface area contributed by atoms with Crippen molar-refractivity contribution in [1.82, 2.24) is 15.4 Å². The van der Waals surface area contributed by atoms with E-state index in [1.165, 1.54) is 6.20 Å². The zero-order valence-electron chi connectivity index (χ0n) is 7.79. The summed E-state index contributed by atoms with van der Waals surface area (Å²) in [5, 5.41) is 10.9. The fraction of sp³-hybridized carbons (Fsp3) is 0. The summed E-state index contributed by atoms with van der Waals surface area (Å²) >= 11 is 0. The molecule has 2 N–H and O–H groups in total. The predicted molar refractivity (Wildman–Crippen MR) is 53.8 cm³/mol. The van der Waals surface area contributed by atoms with Gasteiger partial charge in [0, 0.05) is 11.1 Å². The van der Waals surface area contributed by atoms with Crippen molar-refractivity contribution >= 4 is 5.91 Å². The Morgan fingerprint density at radius 1 is 1.20 bits per heavy atom. The number of nitrogens with two attached hydrogens (primary N) is 1. The highest BCUT2D eigenvalue weighted by atomic mass is 16.1. The third-order valence-corrected chi connectivity index (χ3v) is 1.97. The van der Waals surface area contributed by atoms with Crippen molar-refractivity contribution in [2.45, 2.75) is 0 Å². The minimum atomic E-state index is -0.482. The summed E-state index contributed by atoms with van der Waals surface area (Å²) in [7, 11) is 0. The highest BCUT2D eigenvalue weighted by Gasteiger charge is 2.09. The van der Waals surface area contributed by atoms with Crippen LogP contribution < -0.4 is 5.73 Å². The Kier molecular flexibility index (Phi) is 2.37. The average molecular weight is 200 g/mol. The molecule has 0 atom stereocenters. The molecule has 0 aliphatic rings. The maximum absolute atomic E-state index is 11.2. The lowest BCUT2D eigenvalue weighted by molar-refractivity contribution is 0.100. The second kappa shape index (κ2) is 3.83. The zero-order valence-corrected chi connectivity index (χ0v) is 7.79. The molecular formula is C10H8N4O. The van der Waals surface area contributed by atoms with E-state index >= 15 is 0 Å². The molecule has 5 heteroatoms. The average Bonchev–Trinajstić information content (AvgIpc) is 2.30. The fourth-order valence-electron chi connectivity index (χ4n) is 1.31. The molecule has 5 nitrogen and oxygen atoms in total. The largest absolute Gasteiger partial charge is 0.366 e. The second-order valence-corrected chi connectivity index (χ2v) is 2.92. The van der Waals surface area contributed by atoms with Crippen LogP contribution in [0.25, 0.3) is 11.3 Å². The topological polar surface area (TPSA) is 81.8 Å². The maximum Gasteiger partial charge on any atom is 0.249 e. The molecule has 0 saturated carbocycles. The lowest BCUT2D eigenvalue weighted by Crippen LogP contribution is -2.12. The Bertz CT molecular complexity index is 484. The van der Waals surface area contributed by atoms with Crippen LogP contribution in [-0.4, -0.2) is 21.3 Å². The van der Waals surface area contributed by atoms with Gasteiger partial charge >= 0.3 is 0 Å². The molecule has 0 spiro atoms. The molecule has 1 aromatic carbocycles. The Morgan fingerprint density at radius 3 is 2.67 bits per heavy atom. The van der Waals surface area contributed by atoms with Gasteiger partial charge in [0.1, 0.15) is 0 Å². The highest BCUT2D eigenvalue weighted by Crippen LogP contribution is 2.19. The molecular weight excluding hydrogens is 192 g/mol. The van der Waals surface area contributed by atoms with E-state index in [4.69, 9.17) is 5.73 Å². The summed E-state index contributed by atoms with van der Waals surface area (Å²) in [6, 6.07) is 8.65. The van der Waals surface area contributed by atoms with Crippen molar-refractivity contribution in [3.8, 4) is 11.3 Å². The zero-order chi connectivity index (χ0) is 10.7. The van der Waals surface area contributed by atoms with Gasteiger partial charge in [0.25, 0.3) is 0 Å². The standard InChI is InChI=1S/C10H8N4O/c11-10(15)8-4-2-1-3-7(8)9-5-6-12-14-13-9/h1-6H,(H2,11,15). The first-order valence-electron chi connectivity index (χ1n) is 4.32. The van der Waals surface area contributed by atoms with Gasteiger partial charge in [-0.15, -0.1) is 10.2 Å². The molecule has 0 fully saturated rings. The predicted octanol–water partition coefficient (Wildman–Crippen LogP) is 0.638. The molecule has 1 aromatic heterocycles. The van der Waals surface area contributed by atoms with Gasteiger partial charge in [0.05, 0.1) is 11.9 Å². The number of carbonyl (C=O) groups is 1. The van der Waals surface area contributed by atoms with Crippen molar-refractivity contribution in [3.05, 3.63) is 42.1 Å². The summed E-state index contributed by atoms with van der Waals surface area (Å²) in [6.07, 6.45) is 1.51. The first-order valence-corrected chi connectivity index (χ1v) is 4.32. The van der Waals surface area contributed by atoms with Crippen LogP contribution in [0.4, 0.5) is 0 Å². The Morgan fingerprint density at radius 2 is 2.00 bits per heavy atom. The monoisotopic (exact) mass is 200 g/mol. The van der Waals surface area contributed by atoms with E-state index in [1.54, 1.807) is 24.3 Å². The van der Waals surface area contributed by atoms with Gasteiger partial charge < -0.3 is 5.73 Å². The van der Waals surface area contributed by atoms with Gasteiger partial charge in [0.2, 0.25) is 5.91 Å². The first kappa shape index (κ1) is 9.26. The van der Waals surface area contributed by atoms with Crippen LogP contribution >= 0.6 is 0 Å². The van der Waals surface area contributed by atoms with Gasteiger partial charge in [-0.25, -0.2) is 0 Å². The lowest BCUT2D eigenvalue weighted by atomic mass is 10.0. The molecule has 1 amide bonds. The minimum Gasteiger partial charge on any atom is -0.366 e. The molecule has 1 heterocycles. The summed E-state index contributed by atoms with van der Waals surface area (Å²) < 4.78 is 0. The van der Waals surface area contributed by atoms with Crippen molar-refractivity contribution in [2.24, 2.45) is 5.73 Å². The highest BCUT2D eigenvalue weighted by molar-refractivity contribution is 5.99. The smallest absolute Gasteiger partial charge is 0.249 e. The number of nitrogens with zero attached hydrogens (tertiary/aromatic N) is 3. The molecule has 2 rings (SSSR count). The van der Waals surface area contributed by atoms with E-state index in [1.807, 2.05) is 6.07 Å². The van der Waals surface area contributed by atoms with Crippen LogP contribution in [0.15, 0.2) is 36.5 Å². The Balaban J connectivity index is 2.58. The number of primary amides is 1. The van der Waals surface area contributed by atoms with Gasteiger partial charge in [0.15, 0.2) is 0 Å². The molecule has 0 bridgehead atoms. The van der Waals surface area contributed by atoms with E-state index < -0.39 is 5.91 Å². The van der Waals surface area contributed by atoms with E-state index in [0.717, 1.165) is 0 Å². The summed E-state index contributed by atoms with van der Waals surface area (Å²) in [4.78, 5) is 11.2. The minimum absolute atomic E-state index is 0.429. The van der Waals surface area contributed by atoms with Gasteiger partial charge in [-0.2, -0.15) is 0 Å². The van der Waals surface area contributed by atoms with Gasteiger partial charge in [-0.05, 0) is 17.3 Å². The third-order valence-electron chi connectivity index (χ3n) is 1.97. The number of carbonyl (C=O) groups excluding carboxylic acids is 1. The number of hydrogen-bond donors (Lipinski definition) is 1. The van der Waals surface area contributed by atoms with Crippen LogP contribution in [0.1, 0.15) is 10.4 Å². The normalized spacial score (nSPS) is 9.87. The van der Waals surface area contributed by atoms with E-state index in [0.29, 0.717) is 16.8 Å². The van der Waals surface area contributed by atoms with Crippen molar-refractivity contribution in [2.75, 3.05) is 0 Å². The quantitative estimate of drug-likeness (QED) is 0.771. The van der Waals surface area contributed by atoms with Crippen molar-refractivity contribution < 1.29 is 4.79 Å². The summed E-state index contributed by atoms with van der Waals surface area (Å²) in [5.74, 6) is -0.482. The number of benzene rings is 1.